The quantitative estimate of drug-likeness (QED) is 0.307. The van der Waals surface area contributed by atoms with E-state index in [4.69, 9.17) is 4.74 Å². The minimum absolute atomic E-state index is 0.0799. The number of carbonyl (C=O) groups excluding carboxylic acids is 1. The SMILES string of the molecule is CC(=O)C(CC(C)C)c1cc(Oc2ccc(C(F)(F)F)cc2)cc(-c2ccc(C(F)(F)F)cc2)c1. The van der Waals surface area contributed by atoms with E-state index in [1.165, 1.54) is 31.2 Å². The van der Waals surface area contributed by atoms with Gasteiger partial charge in [0.1, 0.15) is 17.3 Å². The molecule has 1 unspecified atom stereocenters. The Morgan fingerprint density at radius 1 is 0.743 bits per heavy atom. The zero-order valence-electron chi connectivity index (χ0n) is 19.3. The molecule has 1 atom stereocenters. The molecule has 0 N–H and O–H groups in total. The molecule has 0 bridgehead atoms. The van der Waals surface area contributed by atoms with Crippen LogP contribution in [0.5, 0.6) is 11.5 Å². The zero-order chi connectivity index (χ0) is 26.0. The van der Waals surface area contributed by atoms with Crippen molar-refractivity contribution < 1.29 is 35.9 Å². The van der Waals surface area contributed by atoms with Crippen molar-refractivity contribution >= 4 is 5.78 Å². The van der Waals surface area contributed by atoms with Gasteiger partial charge in [-0.2, -0.15) is 26.3 Å². The number of Topliss-reactive ketones (excluding diaryl/α,β-unsaturated/α-hetero) is 1. The Balaban J connectivity index is 2.04. The fourth-order valence-electron chi connectivity index (χ4n) is 3.76. The molecule has 35 heavy (non-hydrogen) atoms. The maximum atomic E-state index is 13.0. The Morgan fingerprint density at radius 2 is 1.26 bits per heavy atom. The number of hydrogen-bond donors (Lipinski definition) is 0. The van der Waals surface area contributed by atoms with E-state index in [0.29, 0.717) is 23.1 Å². The summed E-state index contributed by atoms with van der Waals surface area (Å²) in [6.07, 6.45) is -8.42. The lowest BCUT2D eigenvalue weighted by molar-refractivity contribution is -0.138. The summed E-state index contributed by atoms with van der Waals surface area (Å²) >= 11 is 0. The summed E-state index contributed by atoms with van der Waals surface area (Å²) in [7, 11) is 0. The molecule has 8 heteroatoms. The first-order valence-corrected chi connectivity index (χ1v) is 10.9. The number of ketones is 1. The van der Waals surface area contributed by atoms with Crippen molar-refractivity contribution in [2.75, 3.05) is 0 Å². The van der Waals surface area contributed by atoms with E-state index in [2.05, 4.69) is 0 Å². The Kier molecular flexibility index (Phi) is 7.62. The smallest absolute Gasteiger partial charge is 0.416 e. The highest BCUT2D eigenvalue weighted by Gasteiger charge is 2.31. The van der Waals surface area contributed by atoms with Gasteiger partial charge in [-0.1, -0.05) is 32.0 Å². The van der Waals surface area contributed by atoms with Crippen LogP contribution in [0.15, 0.2) is 66.7 Å². The summed E-state index contributed by atoms with van der Waals surface area (Å²) in [5, 5.41) is 0. The first kappa shape index (κ1) is 26.3. The van der Waals surface area contributed by atoms with Gasteiger partial charge < -0.3 is 4.74 Å². The maximum absolute atomic E-state index is 13.0. The molecule has 3 rings (SSSR count). The summed E-state index contributed by atoms with van der Waals surface area (Å²) in [4.78, 5) is 12.4. The van der Waals surface area contributed by atoms with Crippen LogP contribution in [0.3, 0.4) is 0 Å². The average molecular weight is 494 g/mol. The Labute approximate surface area is 199 Å². The minimum atomic E-state index is -4.49. The third-order valence-corrected chi connectivity index (χ3v) is 5.49. The lowest BCUT2D eigenvalue weighted by atomic mass is 9.86. The van der Waals surface area contributed by atoms with Crippen LogP contribution in [0.25, 0.3) is 11.1 Å². The lowest BCUT2D eigenvalue weighted by Gasteiger charge is -2.19. The Hall–Kier alpha value is -3.29. The summed E-state index contributed by atoms with van der Waals surface area (Å²) < 4.78 is 83.4. The maximum Gasteiger partial charge on any atom is 0.416 e. The van der Waals surface area contributed by atoms with Crippen LogP contribution < -0.4 is 4.74 Å². The van der Waals surface area contributed by atoms with Gasteiger partial charge in [0.05, 0.1) is 11.1 Å². The predicted octanol–water partition coefficient (Wildman–Crippen LogP) is 8.90. The van der Waals surface area contributed by atoms with Crippen LogP contribution in [0.4, 0.5) is 26.3 Å². The summed E-state index contributed by atoms with van der Waals surface area (Å²) in [5.74, 6) is 0.0462. The molecule has 0 aliphatic heterocycles. The average Bonchev–Trinajstić information content (AvgIpc) is 2.76. The highest BCUT2D eigenvalue weighted by molar-refractivity contribution is 5.84. The second-order valence-electron chi connectivity index (χ2n) is 8.78. The predicted molar refractivity (Wildman–Crippen MR) is 121 cm³/mol. The largest absolute Gasteiger partial charge is 0.457 e. The molecule has 0 aliphatic rings. The van der Waals surface area contributed by atoms with Crippen molar-refractivity contribution in [3.05, 3.63) is 83.4 Å². The number of hydrogen-bond acceptors (Lipinski definition) is 2. The van der Waals surface area contributed by atoms with Crippen molar-refractivity contribution in [2.45, 2.75) is 45.5 Å². The second kappa shape index (κ2) is 10.1. The van der Waals surface area contributed by atoms with Crippen LogP contribution in [0.1, 0.15) is 49.8 Å². The second-order valence-corrected chi connectivity index (χ2v) is 8.78. The van der Waals surface area contributed by atoms with E-state index in [-0.39, 0.29) is 23.2 Å². The minimum Gasteiger partial charge on any atom is -0.457 e. The fraction of sp³-hybridized carbons (Fsp3) is 0.296. The third-order valence-electron chi connectivity index (χ3n) is 5.49. The molecule has 3 aromatic carbocycles. The first-order chi connectivity index (χ1) is 16.2. The molecule has 0 aliphatic carbocycles. The van der Waals surface area contributed by atoms with Gasteiger partial charge in [0, 0.05) is 5.92 Å². The molecule has 0 saturated carbocycles. The number of alkyl halides is 6. The first-order valence-electron chi connectivity index (χ1n) is 10.9. The molecule has 0 heterocycles. The number of ether oxygens (including phenoxy) is 1. The van der Waals surface area contributed by atoms with E-state index >= 15 is 0 Å². The van der Waals surface area contributed by atoms with Gasteiger partial charge in [0.25, 0.3) is 0 Å². The number of rotatable bonds is 7. The highest BCUT2D eigenvalue weighted by Crippen LogP contribution is 2.37. The monoisotopic (exact) mass is 494 g/mol. The molecular formula is C27H24F6O2. The van der Waals surface area contributed by atoms with Crippen LogP contribution in [0, 0.1) is 5.92 Å². The van der Waals surface area contributed by atoms with Gasteiger partial charge in [-0.05, 0) is 84.5 Å². The van der Waals surface area contributed by atoms with Crippen LogP contribution in [-0.2, 0) is 17.1 Å². The third kappa shape index (κ3) is 6.87. The molecule has 186 valence electrons. The van der Waals surface area contributed by atoms with E-state index in [1.54, 1.807) is 18.2 Å². The van der Waals surface area contributed by atoms with E-state index in [9.17, 15) is 31.1 Å². The van der Waals surface area contributed by atoms with Crippen molar-refractivity contribution in [1.29, 1.82) is 0 Å². The van der Waals surface area contributed by atoms with E-state index in [1.807, 2.05) is 13.8 Å². The molecule has 0 aromatic heterocycles. The van der Waals surface area contributed by atoms with Crippen molar-refractivity contribution in [3.8, 4) is 22.6 Å². The number of carbonyl (C=O) groups is 1. The van der Waals surface area contributed by atoms with Gasteiger partial charge in [0.2, 0.25) is 0 Å². The Morgan fingerprint density at radius 3 is 1.71 bits per heavy atom. The van der Waals surface area contributed by atoms with Crippen LogP contribution in [-0.4, -0.2) is 5.78 Å². The van der Waals surface area contributed by atoms with E-state index in [0.717, 1.165) is 24.3 Å². The van der Waals surface area contributed by atoms with Crippen LogP contribution in [0.2, 0.25) is 0 Å². The fourth-order valence-corrected chi connectivity index (χ4v) is 3.76. The molecule has 2 nitrogen and oxygen atoms in total. The highest BCUT2D eigenvalue weighted by atomic mass is 19.4. The summed E-state index contributed by atoms with van der Waals surface area (Å²) in [6, 6.07) is 13.7. The van der Waals surface area contributed by atoms with Crippen molar-refractivity contribution in [1.82, 2.24) is 0 Å². The number of benzene rings is 3. The molecule has 0 radical (unpaired) electrons. The van der Waals surface area contributed by atoms with Gasteiger partial charge in [0.15, 0.2) is 0 Å². The van der Waals surface area contributed by atoms with Gasteiger partial charge in [-0.25, -0.2) is 0 Å². The molecule has 0 spiro atoms. The molecule has 3 aromatic rings. The van der Waals surface area contributed by atoms with Crippen molar-refractivity contribution in [2.24, 2.45) is 5.92 Å². The standard InChI is InChI=1S/C27H24F6O2/c1-16(2)12-25(17(3)34)20-13-19(18-4-6-21(7-5-18)26(28,29)30)14-24(15-20)35-23-10-8-22(9-11-23)27(31,32)33/h4-11,13-16,25H,12H2,1-3H3. The molecule has 0 fully saturated rings. The lowest BCUT2D eigenvalue weighted by Crippen LogP contribution is -2.12. The normalized spacial score (nSPS) is 13.1. The molecular weight excluding hydrogens is 470 g/mol. The summed E-state index contributed by atoms with van der Waals surface area (Å²) in [6.45, 7) is 5.40. The van der Waals surface area contributed by atoms with E-state index < -0.39 is 29.4 Å². The molecule has 0 saturated heterocycles. The van der Waals surface area contributed by atoms with Gasteiger partial charge >= 0.3 is 12.4 Å². The molecule has 0 amide bonds. The summed E-state index contributed by atoms with van der Waals surface area (Å²) in [5.41, 5.74) is 0.000272. The van der Waals surface area contributed by atoms with Gasteiger partial charge in [-0.15, -0.1) is 0 Å². The zero-order valence-corrected chi connectivity index (χ0v) is 19.3. The number of halogens is 6. The van der Waals surface area contributed by atoms with Crippen molar-refractivity contribution in [3.63, 3.8) is 0 Å². The van der Waals surface area contributed by atoms with Crippen LogP contribution >= 0.6 is 0 Å². The Bertz CT molecular complexity index is 1160. The topological polar surface area (TPSA) is 26.3 Å². The van der Waals surface area contributed by atoms with Gasteiger partial charge in [-0.3, -0.25) is 4.79 Å².